The van der Waals surface area contributed by atoms with Gasteiger partial charge in [0.25, 0.3) is 0 Å². The topological polar surface area (TPSA) is 67.4 Å². The molecule has 0 saturated heterocycles. The van der Waals surface area contributed by atoms with Gasteiger partial charge in [0.15, 0.2) is 17.5 Å². The lowest BCUT2D eigenvalue weighted by atomic mass is 10.1. The Hall–Kier alpha value is -3.03. The Morgan fingerprint density at radius 2 is 1.76 bits per heavy atom. The number of hydrogen-bond acceptors (Lipinski definition) is 4. The average molecular weight is 352 g/mol. The number of rotatable bonds is 5. The van der Waals surface area contributed by atoms with Crippen LogP contribution in [-0.2, 0) is 9.53 Å². The zero-order chi connectivity index (χ0) is 18.6. The number of hydrogen-bond donors (Lipinski definition) is 2. The molecule has 1 amide bonds. The highest BCUT2D eigenvalue weighted by Crippen LogP contribution is 2.20. The molecule has 0 atom stereocenters. The summed E-state index contributed by atoms with van der Waals surface area (Å²) in [7, 11) is 1.24. The first-order valence-electron chi connectivity index (χ1n) is 7.19. The van der Waals surface area contributed by atoms with Gasteiger partial charge in [-0.2, -0.15) is 0 Å². The third-order valence-electron chi connectivity index (χ3n) is 3.41. The Kier molecular flexibility index (Phi) is 5.63. The highest BCUT2D eigenvalue weighted by Gasteiger charge is 2.14. The molecule has 0 aliphatic heterocycles. The van der Waals surface area contributed by atoms with Gasteiger partial charge >= 0.3 is 5.97 Å². The van der Waals surface area contributed by atoms with Crippen LogP contribution in [0.4, 0.5) is 24.5 Å². The molecule has 2 aromatic carbocycles. The maximum atomic E-state index is 13.5. The quantitative estimate of drug-likeness (QED) is 0.640. The monoisotopic (exact) mass is 352 g/mol. The minimum Gasteiger partial charge on any atom is -0.465 e. The average Bonchev–Trinajstić information content (AvgIpc) is 2.60. The Bertz CT molecular complexity index is 825. The van der Waals surface area contributed by atoms with Crippen LogP contribution in [0.1, 0.15) is 15.9 Å². The normalized spacial score (nSPS) is 10.3. The molecular formula is C17H15F3N2O3. The van der Waals surface area contributed by atoms with Gasteiger partial charge < -0.3 is 15.4 Å². The van der Waals surface area contributed by atoms with E-state index in [2.05, 4.69) is 15.4 Å². The van der Waals surface area contributed by atoms with Crippen LogP contribution in [0.3, 0.4) is 0 Å². The smallest absolute Gasteiger partial charge is 0.337 e. The molecule has 0 unspecified atom stereocenters. The van der Waals surface area contributed by atoms with E-state index in [9.17, 15) is 22.8 Å². The molecule has 0 bridgehead atoms. The third kappa shape index (κ3) is 4.28. The van der Waals surface area contributed by atoms with Gasteiger partial charge in [-0.3, -0.25) is 4.79 Å². The van der Waals surface area contributed by atoms with E-state index < -0.39 is 29.3 Å². The molecule has 0 aliphatic rings. The standard InChI is InChI=1S/C17H15F3N2O3/c1-9-3-4-10(17(24)25-2)7-13(9)22-14(23)8-21-12-6-5-11(18)15(19)16(12)20/h3-7,21H,8H2,1-2H3,(H,22,23). The van der Waals surface area contributed by atoms with Crippen LogP contribution in [0.15, 0.2) is 30.3 Å². The molecule has 8 heteroatoms. The summed E-state index contributed by atoms with van der Waals surface area (Å²) < 4.78 is 44.1. The zero-order valence-electron chi connectivity index (χ0n) is 13.5. The lowest BCUT2D eigenvalue weighted by Crippen LogP contribution is -2.23. The fourth-order valence-corrected chi connectivity index (χ4v) is 2.03. The van der Waals surface area contributed by atoms with E-state index in [1.165, 1.54) is 13.2 Å². The van der Waals surface area contributed by atoms with Gasteiger partial charge in [0, 0.05) is 5.69 Å². The molecular weight excluding hydrogens is 337 g/mol. The van der Waals surface area contributed by atoms with Crippen molar-refractivity contribution in [2.45, 2.75) is 6.92 Å². The summed E-state index contributed by atoms with van der Waals surface area (Å²) in [6.07, 6.45) is 0. The van der Waals surface area contributed by atoms with Crippen molar-refractivity contribution in [2.24, 2.45) is 0 Å². The number of aryl methyl sites for hydroxylation is 1. The fourth-order valence-electron chi connectivity index (χ4n) is 2.03. The number of carbonyl (C=O) groups is 2. The second-order valence-corrected chi connectivity index (χ2v) is 5.15. The number of benzene rings is 2. The molecule has 5 nitrogen and oxygen atoms in total. The second kappa shape index (κ2) is 7.69. The number of nitrogens with one attached hydrogen (secondary N) is 2. The summed E-state index contributed by atoms with van der Waals surface area (Å²) in [6, 6.07) is 6.36. The number of esters is 1. The van der Waals surface area contributed by atoms with E-state index in [-0.39, 0.29) is 17.8 Å². The fraction of sp³-hybridized carbons (Fsp3) is 0.176. The molecule has 2 aromatic rings. The maximum Gasteiger partial charge on any atom is 0.337 e. The van der Waals surface area contributed by atoms with Crippen LogP contribution >= 0.6 is 0 Å². The van der Waals surface area contributed by atoms with Crippen molar-refractivity contribution in [2.75, 3.05) is 24.3 Å². The molecule has 0 aliphatic carbocycles. The van der Waals surface area contributed by atoms with Crippen molar-refractivity contribution in [1.82, 2.24) is 0 Å². The van der Waals surface area contributed by atoms with Gasteiger partial charge in [0.05, 0.1) is 24.9 Å². The van der Waals surface area contributed by atoms with Crippen molar-refractivity contribution in [1.29, 1.82) is 0 Å². The molecule has 0 aromatic heterocycles. The number of methoxy groups -OCH3 is 1. The van der Waals surface area contributed by atoms with Crippen LogP contribution in [-0.4, -0.2) is 25.5 Å². The molecule has 0 saturated carbocycles. The van der Waals surface area contributed by atoms with Crippen molar-refractivity contribution in [3.63, 3.8) is 0 Å². The lowest BCUT2D eigenvalue weighted by molar-refractivity contribution is -0.114. The lowest BCUT2D eigenvalue weighted by Gasteiger charge is -2.12. The first-order valence-corrected chi connectivity index (χ1v) is 7.19. The van der Waals surface area contributed by atoms with Crippen LogP contribution in [0.2, 0.25) is 0 Å². The number of carbonyl (C=O) groups excluding carboxylic acids is 2. The van der Waals surface area contributed by atoms with Crippen LogP contribution in [0.25, 0.3) is 0 Å². The summed E-state index contributed by atoms with van der Waals surface area (Å²) >= 11 is 0. The van der Waals surface area contributed by atoms with Gasteiger partial charge in [-0.1, -0.05) is 6.07 Å². The van der Waals surface area contributed by atoms with Gasteiger partial charge in [-0.05, 0) is 36.8 Å². The molecule has 2 N–H and O–H groups in total. The van der Waals surface area contributed by atoms with E-state index in [1.807, 2.05) is 0 Å². The summed E-state index contributed by atoms with van der Waals surface area (Å²) in [5.41, 5.74) is 0.984. The molecule has 0 fully saturated rings. The number of ether oxygens (including phenoxy) is 1. The van der Waals surface area contributed by atoms with E-state index in [1.54, 1.807) is 19.1 Å². The number of anilines is 2. The number of amides is 1. The van der Waals surface area contributed by atoms with Gasteiger partial charge in [-0.25, -0.2) is 18.0 Å². The molecule has 0 radical (unpaired) electrons. The summed E-state index contributed by atoms with van der Waals surface area (Å²) in [6.45, 7) is 1.34. The van der Waals surface area contributed by atoms with Crippen molar-refractivity contribution < 1.29 is 27.5 Å². The van der Waals surface area contributed by atoms with E-state index in [4.69, 9.17) is 0 Å². The summed E-state index contributed by atoms with van der Waals surface area (Å²) in [4.78, 5) is 23.5. The van der Waals surface area contributed by atoms with Gasteiger partial charge in [-0.15, -0.1) is 0 Å². The zero-order valence-corrected chi connectivity index (χ0v) is 13.5. The predicted octanol–water partition coefficient (Wildman–Crippen LogP) is 3.25. The van der Waals surface area contributed by atoms with Crippen molar-refractivity contribution >= 4 is 23.3 Å². The molecule has 132 valence electrons. The summed E-state index contributed by atoms with van der Waals surface area (Å²) in [5, 5.41) is 4.93. The van der Waals surface area contributed by atoms with Crippen LogP contribution in [0.5, 0.6) is 0 Å². The molecule has 0 spiro atoms. The van der Waals surface area contributed by atoms with Gasteiger partial charge in [0.1, 0.15) is 0 Å². The largest absolute Gasteiger partial charge is 0.465 e. The summed E-state index contributed by atoms with van der Waals surface area (Å²) in [5.74, 6) is -5.46. The first kappa shape index (κ1) is 18.3. The maximum absolute atomic E-state index is 13.5. The van der Waals surface area contributed by atoms with Crippen molar-refractivity contribution in [3.8, 4) is 0 Å². The Morgan fingerprint density at radius 3 is 2.44 bits per heavy atom. The van der Waals surface area contributed by atoms with Gasteiger partial charge in [0.2, 0.25) is 5.91 Å². The highest BCUT2D eigenvalue weighted by atomic mass is 19.2. The first-order chi connectivity index (χ1) is 11.8. The number of halogens is 3. The van der Waals surface area contributed by atoms with Crippen LogP contribution < -0.4 is 10.6 Å². The predicted molar refractivity (Wildman–Crippen MR) is 86.0 cm³/mol. The van der Waals surface area contributed by atoms with Crippen LogP contribution in [0, 0.1) is 24.4 Å². The minimum atomic E-state index is -1.62. The van der Waals surface area contributed by atoms with E-state index in [0.29, 0.717) is 11.3 Å². The molecule has 2 rings (SSSR count). The highest BCUT2D eigenvalue weighted by molar-refractivity contribution is 5.97. The minimum absolute atomic E-state index is 0.253. The van der Waals surface area contributed by atoms with E-state index >= 15 is 0 Å². The Morgan fingerprint density at radius 1 is 1.04 bits per heavy atom. The molecule has 0 heterocycles. The molecule has 25 heavy (non-hydrogen) atoms. The van der Waals surface area contributed by atoms with Crippen molar-refractivity contribution in [3.05, 3.63) is 58.9 Å². The second-order valence-electron chi connectivity index (χ2n) is 5.15. The Labute approximate surface area is 141 Å². The SMILES string of the molecule is COC(=O)c1ccc(C)c(NC(=O)CNc2ccc(F)c(F)c2F)c1. The Balaban J connectivity index is 2.06. The third-order valence-corrected chi connectivity index (χ3v) is 3.41. The van der Waals surface area contributed by atoms with E-state index in [0.717, 1.165) is 12.1 Å².